The number of nitrogens with zero attached hydrogens (tertiary/aromatic N) is 1. The molecule has 1 saturated heterocycles. The number of hydrogen-bond acceptors (Lipinski definition) is 3. The highest BCUT2D eigenvalue weighted by molar-refractivity contribution is 5.56. The molecule has 1 aromatic carbocycles. The highest BCUT2D eigenvalue weighted by Gasteiger charge is 2.15. The number of rotatable bonds is 3. The number of benzene rings is 1. The van der Waals surface area contributed by atoms with Gasteiger partial charge in [-0.15, -0.1) is 0 Å². The van der Waals surface area contributed by atoms with Crippen LogP contribution < -0.4 is 5.32 Å². The molecule has 4 nitrogen and oxygen atoms in total. The minimum Gasteiger partial charge on any atom is -0.310 e. The summed E-state index contributed by atoms with van der Waals surface area (Å²) in [5.41, 5.74) is 1.77. The number of piperidine rings is 1. The molecule has 1 aliphatic heterocycles. The zero-order valence-electron chi connectivity index (χ0n) is 11.4. The average Bonchev–Trinajstić information content (AvgIpc) is 2.37. The van der Waals surface area contributed by atoms with E-state index in [1.54, 1.807) is 19.1 Å². The van der Waals surface area contributed by atoms with Crippen molar-refractivity contribution in [2.75, 3.05) is 6.54 Å². The van der Waals surface area contributed by atoms with Gasteiger partial charge in [0.05, 0.1) is 4.92 Å². The van der Waals surface area contributed by atoms with Crippen molar-refractivity contribution in [1.29, 1.82) is 0 Å². The summed E-state index contributed by atoms with van der Waals surface area (Å²) in [7, 11) is 0. The van der Waals surface area contributed by atoms with Gasteiger partial charge in [0.1, 0.15) is 0 Å². The Hall–Kier alpha value is -1.68. The van der Waals surface area contributed by atoms with Crippen LogP contribution in [0.4, 0.5) is 5.69 Å². The van der Waals surface area contributed by atoms with Gasteiger partial charge in [0.25, 0.3) is 5.69 Å². The van der Waals surface area contributed by atoms with Gasteiger partial charge >= 0.3 is 0 Å². The van der Waals surface area contributed by atoms with E-state index in [9.17, 15) is 10.1 Å². The van der Waals surface area contributed by atoms with Gasteiger partial charge in [0, 0.05) is 17.7 Å². The van der Waals surface area contributed by atoms with E-state index in [1.165, 1.54) is 6.42 Å². The second-order valence-corrected chi connectivity index (χ2v) is 5.35. The van der Waals surface area contributed by atoms with Gasteiger partial charge in [0.15, 0.2) is 0 Å². The molecule has 1 N–H and O–H groups in total. The molecule has 0 aliphatic carbocycles. The van der Waals surface area contributed by atoms with Crippen LogP contribution in [0.2, 0.25) is 0 Å². The maximum atomic E-state index is 10.9. The highest BCUT2D eigenvalue weighted by atomic mass is 16.6. The van der Waals surface area contributed by atoms with Crippen LogP contribution in [0.3, 0.4) is 0 Å². The Kier molecular flexibility index (Phi) is 4.32. The van der Waals surface area contributed by atoms with Gasteiger partial charge in [-0.1, -0.05) is 31.2 Å². The van der Waals surface area contributed by atoms with Crippen molar-refractivity contribution in [1.82, 2.24) is 5.32 Å². The summed E-state index contributed by atoms with van der Waals surface area (Å²) in [5.74, 6) is 0.739. The molecule has 2 unspecified atom stereocenters. The van der Waals surface area contributed by atoms with Gasteiger partial charge in [0.2, 0.25) is 0 Å². The first-order valence-electron chi connectivity index (χ1n) is 6.73. The van der Waals surface area contributed by atoms with Crippen molar-refractivity contribution >= 4 is 11.8 Å². The Bertz CT molecular complexity index is 497. The summed E-state index contributed by atoms with van der Waals surface area (Å²) in [6.07, 6.45) is 6.44. The molecular formula is C15H20N2O2. The maximum Gasteiger partial charge on any atom is 0.272 e. The molecule has 1 heterocycles. The van der Waals surface area contributed by atoms with Crippen LogP contribution in [-0.4, -0.2) is 17.5 Å². The van der Waals surface area contributed by atoms with Crippen LogP contribution in [0, 0.1) is 23.0 Å². The van der Waals surface area contributed by atoms with E-state index in [2.05, 4.69) is 18.3 Å². The molecule has 2 atom stereocenters. The van der Waals surface area contributed by atoms with E-state index in [-0.39, 0.29) is 10.6 Å². The van der Waals surface area contributed by atoms with E-state index < -0.39 is 0 Å². The summed E-state index contributed by atoms with van der Waals surface area (Å²) < 4.78 is 0. The third-order valence-electron chi connectivity index (χ3n) is 3.65. The number of nitro benzene ring substituents is 1. The lowest BCUT2D eigenvalue weighted by atomic mass is 9.94. The van der Waals surface area contributed by atoms with E-state index in [1.807, 2.05) is 12.1 Å². The highest BCUT2D eigenvalue weighted by Crippen LogP contribution is 2.21. The molecule has 1 aromatic rings. The van der Waals surface area contributed by atoms with Crippen molar-refractivity contribution < 1.29 is 4.92 Å². The van der Waals surface area contributed by atoms with Crippen molar-refractivity contribution in [2.45, 2.75) is 32.7 Å². The summed E-state index contributed by atoms with van der Waals surface area (Å²) >= 11 is 0. The summed E-state index contributed by atoms with van der Waals surface area (Å²) in [6.45, 7) is 5.07. The van der Waals surface area contributed by atoms with E-state index in [4.69, 9.17) is 0 Å². The van der Waals surface area contributed by atoms with Crippen LogP contribution in [0.5, 0.6) is 0 Å². The van der Waals surface area contributed by atoms with E-state index in [0.29, 0.717) is 11.6 Å². The predicted octanol–water partition coefficient (Wildman–Crippen LogP) is 3.30. The van der Waals surface area contributed by atoms with Gasteiger partial charge in [-0.25, -0.2) is 0 Å². The normalized spacial score (nSPS) is 23.7. The fourth-order valence-electron chi connectivity index (χ4n) is 2.45. The van der Waals surface area contributed by atoms with Gasteiger partial charge in [-0.2, -0.15) is 0 Å². The van der Waals surface area contributed by atoms with Crippen LogP contribution in [0.25, 0.3) is 6.08 Å². The molecule has 0 amide bonds. The zero-order chi connectivity index (χ0) is 13.8. The molecule has 102 valence electrons. The molecule has 0 radical (unpaired) electrons. The van der Waals surface area contributed by atoms with Gasteiger partial charge in [-0.05, 0) is 37.8 Å². The van der Waals surface area contributed by atoms with Crippen molar-refractivity contribution in [3.63, 3.8) is 0 Å². The monoisotopic (exact) mass is 260 g/mol. The van der Waals surface area contributed by atoms with Crippen LogP contribution in [0.15, 0.2) is 24.3 Å². The lowest BCUT2D eigenvalue weighted by Crippen LogP contribution is -2.35. The van der Waals surface area contributed by atoms with Crippen molar-refractivity contribution in [3.05, 3.63) is 45.5 Å². The second kappa shape index (κ2) is 5.97. The maximum absolute atomic E-state index is 10.9. The molecule has 2 rings (SSSR count). The number of nitrogens with one attached hydrogen (secondary N) is 1. The Morgan fingerprint density at radius 3 is 2.95 bits per heavy atom. The quantitative estimate of drug-likeness (QED) is 0.670. The van der Waals surface area contributed by atoms with Crippen LogP contribution >= 0.6 is 0 Å². The lowest BCUT2D eigenvalue weighted by molar-refractivity contribution is -0.385. The van der Waals surface area contributed by atoms with Crippen molar-refractivity contribution in [2.24, 2.45) is 5.92 Å². The van der Waals surface area contributed by atoms with E-state index >= 15 is 0 Å². The van der Waals surface area contributed by atoms with Crippen molar-refractivity contribution in [3.8, 4) is 0 Å². The first-order valence-corrected chi connectivity index (χ1v) is 6.73. The lowest BCUT2D eigenvalue weighted by Gasteiger charge is -2.25. The molecule has 4 heteroatoms. The summed E-state index contributed by atoms with van der Waals surface area (Å²) in [6, 6.07) is 5.74. The molecular weight excluding hydrogens is 240 g/mol. The standard InChI is InChI=1S/C15H20N2O2/c1-11-7-8-16-14(9-11)6-5-13-4-3-12(2)15(10-13)17(18)19/h3-6,10-11,14,16H,7-9H2,1-2H3/b6-5+. The molecule has 0 spiro atoms. The molecule has 1 aliphatic rings. The molecule has 0 aromatic heterocycles. The number of hydrogen-bond donors (Lipinski definition) is 1. The third-order valence-corrected chi connectivity index (χ3v) is 3.65. The smallest absolute Gasteiger partial charge is 0.272 e. The molecule has 1 fully saturated rings. The number of aryl methyl sites for hydroxylation is 1. The van der Waals surface area contributed by atoms with E-state index in [0.717, 1.165) is 24.4 Å². The number of nitro groups is 1. The largest absolute Gasteiger partial charge is 0.310 e. The Morgan fingerprint density at radius 1 is 1.47 bits per heavy atom. The average molecular weight is 260 g/mol. The minimum atomic E-state index is -0.326. The zero-order valence-corrected chi connectivity index (χ0v) is 11.4. The fourth-order valence-corrected chi connectivity index (χ4v) is 2.45. The molecule has 0 bridgehead atoms. The summed E-state index contributed by atoms with van der Waals surface area (Å²) in [5, 5.41) is 14.3. The Balaban J connectivity index is 2.10. The van der Waals surface area contributed by atoms with Gasteiger partial charge < -0.3 is 5.32 Å². The Morgan fingerprint density at radius 2 is 2.26 bits per heavy atom. The van der Waals surface area contributed by atoms with Crippen LogP contribution in [-0.2, 0) is 0 Å². The first kappa shape index (κ1) is 13.7. The molecule has 0 saturated carbocycles. The SMILES string of the molecule is Cc1ccc(/C=C/C2CC(C)CCN2)cc1[N+](=O)[O-]. The molecule has 19 heavy (non-hydrogen) atoms. The topological polar surface area (TPSA) is 55.2 Å². The van der Waals surface area contributed by atoms with Crippen LogP contribution in [0.1, 0.15) is 30.9 Å². The first-order chi connectivity index (χ1) is 9.06. The minimum absolute atomic E-state index is 0.187. The Labute approximate surface area is 113 Å². The third kappa shape index (κ3) is 3.64. The van der Waals surface area contributed by atoms with Gasteiger partial charge in [-0.3, -0.25) is 10.1 Å². The second-order valence-electron chi connectivity index (χ2n) is 5.35. The predicted molar refractivity (Wildman–Crippen MR) is 77.1 cm³/mol. The summed E-state index contributed by atoms with van der Waals surface area (Å²) in [4.78, 5) is 10.6. The fraction of sp³-hybridized carbons (Fsp3) is 0.467.